The van der Waals surface area contributed by atoms with Crippen LogP contribution in [0.25, 0.3) is 0 Å². The van der Waals surface area contributed by atoms with Crippen molar-refractivity contribution < 1.29 is 23.0 Å². The molecule has 1 aliphatic heterocycles. The van der Waals surface area contributed by atoms with Gasteiger partial charge in [0.1, 0.15) is 5.75 Å². The predicted octanol–water partition coefficient (Wildman–Crippen LogP) is 2.80. The molecule has 9 heteroatoms. The Morgan fingerprint density at radius 2 is 2.08 bits per heavy atom. The highest BCUT2D eigenvalue weighted by Gasteiger charge is 2.32. The molecule has 0 amide bonds. The minimum atomic E-state index is -2.90. The van der Waals surface area contributed by atoms with Crippen LogP contribution >= 0.6 is 11.6 Å². The van der Waals surface area contributed by atoms with E-state index in [2.05, 4.69) is 20.4 Å². The zero-order valence-corrected chi connectivity index (χ0v) is 15.6. The van der Waals surface area contributed by atoms with Crippen LogP contribution in [0.4, 0.5) is 8.78 Å². The first-order valence-corrected chi connectivity index (χ1v) is 8.66. The maximum absolute atomic E-state index is 12.5. The van der Waals surface area contributed by atoms with Gasteiger partial charge in [0, 0.05) is 63.9 Å². The van der Waals surface area contributed by atoms with Crippen molar-refractivity contribution in [1.29, 1.82) is 0 Å². The van der Waals surface area contributed by atoms with E-state index < -0.39 is 6.61 Å². The van der Waals surface area contributed by atoms with Crippen LogP contribution in [0.1, 0.15) is 18.4 Å². The van der Waals surface area contributed by atoms with E-state index in [9.17, 15) is 8.78 Å². The maximum atomic E-state index is 12.5. The number of methoxy groups -OCH3 is 1. The molecule has 0 spiro atoms. The average molecular weight is 392 g/mol. The largest absolute Gasteiger partial charge is 0.434 e. The van der Waals surface area contributed by atoms with Gasteiger partial charge >= 0.3 is 6.61 Å². The Morgan fingerprint density at radius 3 is 2.69 bits per heavy atom. The van der Waals surface area contributed by atoms with E-state index in [1.165, 1.54) is 12.1 Å². The summed E-state index contributed by atoms with van der Waals surface area (Å²) < 4.78 is 40.7. The van der Waals surface area contributed by atoms with Crippen LogP contribution in [0.2, 0.25) is 5.02 Å². The molecule has 146 valence electrons. The number of hydrogen-bond donors (Lipinski definition) is 2. The second-order valence-corrected chi connectivity index (χ2v) is 6.35. The van der Waals surface area contributed by atoms with E-state index in [0.29, 0.717) is 36.3 Å². The van der Waals surface area contributed by atoms with E-state index in [4.69, 9.17) is 21.1 Å². The van der Waals surface area contributed by atoms with E-state index >= 15 is 0 Å². The number of hydrogen-bond acceptors (Lipinski definition) is 4. The number of aliphatic imine (C=N–C) groups is 1. The molecule has 1 aromatic rings. The smallest absolute Gasteiger partial charge is 0.387 e. The predicted molar refractivity (Wildman–Crippen MR) is 96.1 cm³/mol. The second kappa shape index (κ2) is 9.89. The molecule has 2 N–H and O–H groups in total. The SMILES string of the molecule is CN=C(NCc1cc(Cl)ccc1OC(F)F)NCC1(OC)CCOCC1. The summed E-state index contributed by atoms with van der Waals surface area (Å²) in [6.45, 7) is -0.813. The summed E-state index contributed by atoms with van der Waals surface area (Å²) in [7, 11) is 3.32. The summed E-state index contributed by atoms with van der Waals surface area (Å²) in [5, 5.41) is 6.73. The summed E-state index contributed by atoms with van der Waals surface area (Å²) in [4.78, 5) is 4.15. The summed E-state index contributed by atoms with van der Waals surface area (Å²) in [6.07, 6.45) is 1.57. The first kappa shape index (κ1) is 20.7. The highest BCUT2D eigenvalue weighted by Crippen LogP contribution is 2.25. The van der Waals surface area contributed by atoms with Crippen molar-refractivity contribution in [3.8, 4) is 5.75 Å². The summed E-state index contributed by atoms with van der Waals surface area (Å²) in [5.74, 6) is 0.598. The van der Waals surface area contributed by atoms with Crippen molar-refractivity contribution in [3.63, 3.8) is 0 Å². The van der Waals surface area contributed by atoms with E-state index in [-0.39, 0.29) is 17.9 Å². The zero-order valence-electron chi connectivity index (χ0n) is 14.9. The number of halogens is 3. The van der Waals surface area contributed by atoms with Crippen LogP contribution < -0.4 is 15.4 Å². The molecule has 2 rings (SSSR count). The quantitative estimate of drug-likeness (QED) is 0.552. The molecule has 0 aromatic heterocycles. The topological polar surface area (TPSA) is 64.1 Å². The van der Waals surface area contributed by atoms with Crippen molar-refractivity contribution >= 4 is 17.6 Å². The molecule has 6 nitrogen and oxygen atoms in total. The average Bonchev–Trinajstić information content (AvgIpc) is 2.64. The zero-order chi connectivity index (χ0) is 19.0. The number of nitrogens with zero attached hydrogens (tertiary/aromatic N) is 1. The van der Waals surface area contributed by atoms with Gasteiger partial charge < -0.3 is 24.8 Å². The van der Waals surface area contributed by atoms with E-state index in [1.54, 1.807) is 20.2 Å². The lowest BCUT2D eigenvalue weighted by molar-refractivity contribution is -0.0855. The molecule has 1 fully saturated rings. The van der Waals surface area contributed by atoms with Crippen LogP contribution in [0.5, 0.6) is 5.75 Å². The van der Waals surface area contributed by atoms with Crippen LogP contribution in [0, 0.1) is 0 Å². The van der Waals surface area contributed by atoms with Crippen molar-refractivity contribution in [2.45, 2.75) is 31.6 Å². The van der Waals surface area contributed by atoms with Crippen molar-refractivity contribution in [2.24, 2.45) is 4.99 Å². The van der Waals surface area contributed by atoms with Crippen molar-refractivity contribution in [1.82, 2.24) is 10.6 Å². The van der Waals surface area contributed by atoms with E-state index in [1.807, 2.05) is 0 Å². The summed E-state index contributed by atoms with van der Waals surface area (Å²) >= 11 is 5.96. The van der Waals surface area contributed by atoms with E-state index in [0.717, 1.165) is 12.8 Å². The third-order valence-corrected chi connectivity index (χ3v) is 4.56. The fourth-order valence-corrected chi connectivity index (χ4v) is 2.93. The minimum Gasteiger partial charge on any atom is -0.434 e. The molecular formula is C17H24ClF2N3O3. The van der Waals surface area contributed by atoms with Gasteiger partial charge in [-0.3, -0.25) is 4.99 Å². The number of benzene rings is 1. The molecule has 0 unspecified atom stereocenters. The fraction of sp³-hybridized carbons (Fsp3) is 0.588. The number of ether oxygens (including phenoxy) is 3. The molecule has 1 aliphatic rings. The Morgan fingerprint density at radius 1 is 1.35 bits per heavy atom. The number of guanidine groups is 1. The Labute approximate surface area is 156 Å². The molecule has 0 radical (unpaired) electrons. The number of nitrogens with one attached hydrogen (secondary N) is 2. The Kier molecular flexibility index (Phi) is 7.86. The van der Waals surface area contributed by atoms with Gasteiger partial charge in [0.15, 0.2) is 5.96 Å². The second-order valence-electron chi connectivity index (χ2n) is 5.91. The van der Waals surface area contributed by atoms with Crippen LogP contribution in [0.15, 0.2) is 23.2 Å². The highest BCUT2D eigenvalue weighted by atomic mass is 35.5. The lowest BCUT2D eigenvalue weighted by Crippen LogP contribution is -2.50. The van der Waals surface area contributed by atoms with Crippen LogP contribution in [-0.2, 0) is 16.0 Å². The fourth-order valence-electron chi connectivity index (χ4n) is 2.74. The van der Waals surface area contributed by atoms with Gasteiger partial charge in [-0.15, -0.1) is 0 Å². The third-order valence-electron chi connectivity index (χ3n) is 4.32. The number of alkyl halides is 2. The lowest BCUT2D eigenvalue weighted by Gasteiger charge is -2.36. The van der Waals surface area contributed by atoms with Crippen LogP contribution in [-0.4, -0.2) is 52.1 Å². The molecule has 0 atom stereocenters. The third kappa shape index (κ3) is 5.96. The van der Waals surface area contributed by atoms with Gasteiger partial charge in [-0.05, 0) is 18.2 Å². The van der Waals surface area contributed by atoms with Crippen molar-refractivity contribution in [2.75, 3.05) is 33.9 Å². The van der Waals surface area contributed by atoms with Gasteiger partial charge in [0.05, 0.1) is 5.60 Å². The summed E-state index contributed by atoms with van der Waals surface area (Å²) in [6, 6.07) is 4.50. The molecule has 0 saturated carbocycles. The molecule has 0 bridgehead atoms. The molecule has 1 saturated heterocycles. The molecular weight excluding hydrogens is 368 g/mol. The van der Waals surface area contributed by atoms with Gasteiger partial charge in [-0.25, -0.2) is 0 Å². The Balaban J connectivity index is 1.95. The van der Waals surface area contributed by atoms with Crippen LogP contribution in [0.3, 0.4) is 0 Å². The monoisotopic (exact) mass is 391 g/mol. The lowest BCUT2D eigenvalue weighted by atomic mass is 9.94. The van der Waals surface area contributed by atoms with Gasteiger partial charge in [0.25, 0.3) is 0 Å². The normalized spacial score (nSPS) is 17.2. The maximum Gasteiger partial charge on any atom is 0.387 e. The molecule has 1 aromatic carbocycles. The standard InChI is InChI=1S/C17H24ClF2N3O3/c1-21-16(23-11-17(24-2)5-7-25-8-6-17)22-10-12-9-13(18)3-4-14(12)26-15(19)20/h3-4,9,15H,5-8,10-11H2,1-2H3,(H2,21,22,23). The molecule has 0 aliphatic carbocycles. The molecule has 26 heavy (non-hydrogen) atoms. The first-order valence-electron chi connectivity index (χ1n) is 8.29. The Bertz CT molecular complexity index is 611. The minimum absolute atomic E-state index is 0.0742. The van der Waals surface area contributed by atoms with Crippen molar-refractivity contribution in [3.05, 3.63) is 28.8 Å². The first-order chi connectivity index (χ1) is 12.5. The van der Waals surface area contributed by atoms with Gasteiger partial charge in [0.2, 0.25) is 0 Å². The highest BCUT2D eigenvalue weighted by molar-refractivity contribution is 6.30. The number of rotatable bonds is 7. The molecule has 1 heterocycles. The van der Waals surface area contributed by atoms with Gasteiger partial charge in [-0.2, -0.15) is 8.78 Å². The van der Waals surface area contributed by atoms with Gasteiger partial charge in [-0.1, -0.05) is 11.6 Å². The summed E-state index contributed by atoms with van der Waals surface area (Å²) in [5.41, 5.74) is 0.198. The Hall–Kier alpha value is -1.64.